The van der Waals surface area contributed by atoms with Crippen molar-refractivity contribution in [1.82, 2.24) is 14.3 Å². The zero-order valence-electron chi connectivity index (χ0n) is 11.4. The van der Waals surface area contributed by atoms with Crippen LogP contribution in [0.3, 0.4) is 0 Å². The first-order chi connectivity index (χ1) is 9.51. The van der Waals surface area contributed by atoms with Crippen molar-refractivity contribution in [3.05, 3.63) is 20.8 Å². The van der Waals surface area contributed by atoms with Crippen molar-refractivity contribution in [2.75, 3.05) is 26.7 Å². The van der Waals surface area contributed by atoms with Gasteiger partial charge >= 0.3 is 0 Å². The van der Waals surface area contributed by atoms with E-state index in [0.29, 0.717) is 25.6 Å². The molecule has 0 spiro atoms. The van der Waals surface area contributed by atoms with Crippen molar-refractivity contribution in [1.29, 1.82) is 0 Å². The van der Waals surface area contributed by atoms with E-state index in [9.17, 15) is 8.42 Å². The van der Waals surface area contributed by atoms with Gasteiger partial charge in [0.05, 0.1) is 0 Å². The third-order valence-corrected chi connectivity index (χ3v) is 6.71. The van der Waals surface area contributed by atoms with Gasteiger partial charge in [0, 0.05) is 34.4 Å². The molecule has 114 valence electrons. The highest BCUT2D eigenvalue weighted by Gasteiger charge is 2.27. The molecule has 0 aliphatic carbocycles. The summed E-state index contributed by atoms with van der Waals surface area (Å²) < 4.78 is 29.7. The van der Waals surface area contributed by atoms with Gasteiger partial charge in [-0.3, -0.25) is 0 Å². The van der Waals surface area contributed by atoms with Crippen LogP contribution in [-0.2, 0) is 16.8 Å². The molecule has 0 aromatic carbocycles. The Hall–Kier alpha value is 0.01000. The SMILES string of the molecule is CNCC1CCN(S(=O)(=O)NCc2cc(Br)cs2)CC1. The number of hydrogen-bond donors (Lipinski definition) is 2. The normalized spacial score (nSPS) is 18.5. The molecule has 1 saturated heterocycles. The topological polar surface area (TPSA) is 61.4 Å². The van der Waals surface area contributed by atoms with Crippen LogP contribution in [0.15, 0.2) is 15.9 Å². The highest BCUT2D eigenvalue weighted by molar-refractivity contribution is 9.10. The molecule has 8 heteroatoms. The molecule has 5 nitrogen and oxygen atoms in total. The predicted octanol–water partition coefficient (Wildman–Crippen LogP) is 1.78. The Balaban J connectivity index is 1.85. The van der Waals surface area contributed by atoms with Crippen LogP contribution in [0, 0.1) is 5.92 Å². The van der Waals surface area contributed by atoms with E-state index >= 15 is 0 Å². The van der Waals surface area contributed by atoms with Crippen molar-refractivity contribution in [3.8, 4) is 0 Å². The number of piperidine rings is 1. The summed E-state index contributed by atoms with van der Waals surface area (Å²) >= 11 is 4.91. The van der Waals surface area contributed by atoms with Crippen molar-refractivity contribution in [2.24, 2.45) is 5.92 Å². The summed E-state index contributed by atoms with van der Waals surface area (Å²) in [5.74, 6) is 0.583. The van der Waals surface area contributed by atoms with E-state index < -0.39 is 10.2 Å². The van der Waals surface area contributed by atoms with E-state index in [4.69, 9.17) is 0 Å². The summed E-state index contributed by atoms with van der Waals surface area (Å²) in [6.07, 6.45) is 1.85. The van der Waals surface area contributed by atoms with Gasteiger partial charge in [-0.15, -0.1) is 11.3 Å². The monoisotopic (exact) mass is 381 g/mol. The first kappa shape index (κ1) is 16.4. The maximum absolute atomic E-state index is 12.2. The van der Waals surface area contributed by atoms with Gasteiger partial charge in [0.15, 0.2) is 0 Å². The molecule has 2 rings (SSSR count). The Morgan fingerprint density at radius 2 is 2.15 bits per heavy atom. The summed E-state index contributed by atoms with van der Waals surface area (Å²) in [6.45, 7) is 2.53. The number of nitrogens with zero attached hydrogens (tertiary/aromatic N) is 1. The lowest BCUT2D eigenvalue weighted by molar-refractivity contribution is 0.268. The molecule has 0 bridgehead atoms. The Morgan fingerprint density at radius 3 is 2.70 bits per heavy atom. The quantitative estimate of drug-likeness (QED) is 0.789. The van der Waals surface area contributed by atoms with Crippen LogP contribution in [-0.4, -0.2) is 39.4 Å². The van der Waals surface area contributed by atoms with Gasteiger partial charge in [0.25, 0.3) is 10.2 Å². The summed E-state index contributed by atoms with van der Waals surface area (Å²) in [4.78, 5) is 1.01. The number of halogens is 1. The van der Waals surface area contributed by atoms with Gasteiger partial charge in [-0.2, -0.15) is 17.4 Å². The molecule has 1 aliphatic heterocycles. The van der Waals surface area contributed by atoms with Gasteiger partial charge in [0.2, 0.25) is 0 Å². The molecule has 0 unspecified atom stereocenters. The van der Waals surface area contributed by atoms with Gasteiger partial charge in [-0.1, -0.05) is 0 Å². The van der Waals surface area contributed by atoms with Crippen molar-refractivity contribution >= 4 is 37.5 Å². The summed E-state index contributed by atoms with van der Waals surface area (Å²) in [5.41, 5.74) is 0. The maximum Gasteiger partial charge on any atom is 0.279 e. The molecular formula is C12H20BrN3O2S2. The molecule has 1 aliphatic rings. The second-order valence-corrected chi connectivity index (χ2v) is 8.62. The lowest BCUT2D eigenvalue weighted by Gasteiger charge is -2.31. The molecular weight excluding hydrogens is 362 g/mol. The van der Waals surface area contributed by atoms with Crippen LogP contribution < -0.4 is 10.0 Å². The summed E-state index contributed by atoms with van der Waals surface area (Å²) in [7, 11) is -1.42. The van der Waals surface area contributed by atoms with Crippen LogP contribution in [0.25, 0.3) is 0 Å². The van der Waals surface area contributed by atoms with Crippen LogP contribution >= 0.6 is 27.3 Å². The average molecular weight is 382 g/mol. The van der Waals surface area contributed by atoms with Crippen molar-refractivity contribution in [2.45, 2.75) is 19.4 Å². The number of nitrogens with one attached hydrogen (secondary N) is 2. The van der Waals surface area contributed by atoms with Crippen LogP contribution in [0.5, 0.6) is 0 Å². The molecule has 0 amide bonds. The zero-order valence-corrected chi connectivity index (χ0v) is 14.7. The average Bonchev–Trinajstić information content (AvgIpc) is 2.84. The second kappa shape index (κ2) is 7.33. The number of hydrogen-bond acceptors (Lipinski definition) is 4. The van der Waals surface area contributed by atoms with E-state index in [1.165, 1.54) is 0 Å². The molecule has 0 radical (unpaired) electrons. The summed E-state index contributed by atoms with van der Waals surface area (Å²) in [5, 5.41) is 5.10. The highest BCUT2D eigenvalue weighted by Crippen LogP contribution is 2.21. The minimum absolute atomic E-state index is 0.356. The van der Waals surface area contributed by atoms with E-state index in [0.717, 1.165) is 28.7 Å². The van der Waals surface area contributed by atoms with E-state index in [1.807, 2.05) is 18.5 Å². The molecule has 1 fully saturated rings. The fourth-order valence-electron chi connectivity index (χ4n) is 2.34. The molecule has 0 saturated carbocycles. The molecule has 20 heavy (non-hydrogen) atoms. The van der Waals surface area contributed by atoms with Crippen molar-refractivity contribution in [3.63, 3.8) is 0 Å². The zero-order chi connectivity index (χ0) is 14.6. The summed E-state index contributed by atoms with van der Waals surface area (Å²) in [6, 6.07) is 1.94. The van der Waals surface area contributed by atoms with Gasteiger partial charge < -0.3 is 5.32 Å². The van der Waals surface area contributed by atoms with Crippen LogP contribution in [0.1, 0.15) is 17.7 Å². The number of thiophene rings is 1. The molecule has 1 aromatic heterocycles. The molecule has 2 N–H and O–H groups in total. The van der Waals surface area contributed by atoms with Gasteiger partial charge in [-0.25, -0.2) is 0 Å². The van der Waals surface area contributed by atoms with Crippen LogP contribution in [0.2, 0.25) is 0 Å². The minimum atomic E-state index is -3.36. The second-order valence-electron chi connectivity index (χ2n) is 4.96. The lowest BCUT2D eigenvalue weighted by atomic mass is 9.98. The van der Waals surface area contributed by atoms with E-state index in [1.54, 1.807) is 15.6 Å². The largest absolute Gasteiger partial charge is 0.319 e. The van der Waals surface area contributed by atoms with E-state index in [-0.39, 0.29) is 0 Å². The highest BCUT2D eigenvalue weighted by atomic mass is 79.9. The molecule has 1 aromatic rings. The fourth-order valence-corrected chi connectivity index (χ4v) is 5.04. The third kappa shape index (κ3) is 4.51. The van der Waals surface area contributed by atoms with Crippen molar-refractivity contribution < 1.29 is 8.42 Å². The third-order valence-electron chi connectivity index (χ3n) is 3.46. The molecule has 0 atom stereocenters. The molecule has 2 heterocycles. The Bertz CT molecular complexity index is 525. The number of rotatable bonds is 6. The van der Waals surface area contributed by atoms with Crippen LogP contribution in [0.4, 0.5) is 0 Å². The first-order valence-electron chi connectivity index (χ1n) is 6.63. The lowest BCUT2D eigenvalue weighted by Crippen LogP contribution is -2.45. The Morgan fingerprint density at radius 1 is 1.45 bits per heavy atom. The standard InChI is InChI=1S/C12H20BrN3O2S2/c1-14-7-10-2-4-16(5-3-10)20(17,18)15-8-12-6-11(13)9-19-12/h6,9-10,14-15H,2-5,7-8H2,1H3. The fraction of sp³-hybridized carbons (Fsp3) is 0.667. The Labute approximate surface area is 133 Å². The maximum atomic E-state index is 12.2. The predicted molar refractivity (Wildman–Crippen MR) is 86.0 cm³/mol. The smallest absolute Gasteiger partial charge is 0.279 e. The van der Waals surface area contributed by atoms with E-state index in [2.05, 4.69) is 26.0 Å². The van der Waals surface area contributed by atoms with Gasteiger partial charge in [0.1, 0.15) is 0 Å². The minimum Gasteiger partial charge on any atom is -0.319 e. The Kier molecular flexibility index (Phi) is 6.00. The van der Waals surface area contributed by atoms with Gasteiger partial charge in [-0.05, 0) is 54.3 Å². The first-order valence-corrected chi connectivity index (χ1v) is 9.75.